The van der Waals surface area contributed by atoms with Crippen molar-refractivity contribution >= 4 is 40.0 Å². The topological polar surface area (TPSA) is 66.4 Å². The predicted molar refractivity (Wildman–Crippen MR) is 70.0 cm³/mol. The maximum absolute atomic E-state index is 11.9. The monoisotopic (exact) mass is 271 g/mol. The molecule has 4 nitrogen and oxygen atoms in total. The maximum Gasteiger partial charge on any atom is 0.338 e. The van der Waals surface area contributed by atoms with Crippen LogP contribution in [-0.4, -0.2) is 28.0 Å². The van der Waals surface area contributed by atoms with Crippen molar-refractivity contribution in [2.45, 2.75) is 24.5 Å². The number of amides is 1. The fraction of sp³-hybridized carbons (Fsp3) is 0.455. The molecule has 0 bridgehead atoms. The minimum absolute atomic E-state index is 0.0347. The highest BCUT2D eigenvalue weighted by Gasteiger charge is 2.23. The number of nitrogens with one attached hydrogen (secondary N) is 1. The summed E-state index contributed by atoms with van der Waals surface area (Å²) in [5.74, 6) is -0.0635. The molecule has 6 heteroatoms. The Morgan fingerprint density at radius 2 is 2.24 bits per heavy atom. The van der Waals surface area contributed by atoms with Crippen LogP contribution in [0.3, 0.4) is 0 Å². The van der Waals surface area contributed by atoms with E-state index in [1.54, 1.807) is 17.1 Å². The number of carbonyl (C=O) groups excluding carboxylic acids is 1. The van der Waals surface area contributed by atoms with Gasteiger partial charge in [-0.2, -0.15) is 0 Å². The van der Waals surface area contributed by atoms with Gasteiger partial charge in [-0.1, -0.05) is 6.42 Å². The van der Waals surface area contributed by atoms with Gasteiger partial charge in [-0.15, -0.1) is 23.1 Å². The van der Waals surface area contributed by atoms with Crippen LogP contribution >= 0.6 is 23.1 Å². The van der Waals surface area contributed by atoms with Crippen LogP contribution in [0, 0.1) is 0 Å². The zero-order valence-corrected chi connectivity index (χ0v) is 10.8. The van der Waals surface area contributed by atoms with Crippen LogP contribution < -0.4 is 5.32 Å². The highest BCUT2D eigenvalue weighted by atomic mass is 32.2. The summed E-state index contributed by atoms with van der Waals surface area (Å²) in [5, 5.41) is 13.7. The first-order valence-corrected chi connectivity index (χ1v) is 7.34. The standard InChI is InChI=1S/C11H13NO3S2/c13-9(8-3-1-2-5-16-8)12-10-7(11(14)15)4-6-17-10/h4,6,8H,1-3,5H2,(H,12,13)(H,14,15). The number of anilines is 1. The van der Waals surface area contributed by atoms with E-state index in [0.29, 0.717) is 5.00 Å². The summed E-state index contributed by atoms with van der Waals surface area (Å²) in [6.45, 7) is 0. The largest absolute Gasteiger partial charge is 0.478 e. The number of carbonyl (C=O) groups is 2. The van der Waals surface area contributed by atoms with E-state index in [1.165, 1.54) is 17.4 Å². The van der Waals surface area contributed by atoms with Gasteiger partial charge >= 0.3 is 5.97 Å². The summed E-state index contributed by atoms with van der Waals surface area (Å²) in [7, 11) is 0. The molecule has 0 saturated carbocycles. The van der Waals surface area contributed by atoms with Crippen LogP contribution in [0.2, 0.25) is 0 Å². The molecule has 1 aromatic rings. The molecule has 2 N–H and O–H groups in total. The van der Waals surface area contributed by atoms with E-state index < -0.39 is 5.97 Å². The molecule has 0 aliphatic carbocycles. The average molecular weight is 271 g/mol. The molecule has 17 heavy (non-hydrogen) atoms. The molecule has 1 fully saturated rings. The van der Waals surface area contributed by atoms with Gasteiger partial charge < -0.3 is 10.4 Å². The number of rotatable bonds is 3. The van der Waals surface area contributed by atoms with Crippen LogP contribution in [0.15, 0.2) is 11.4 Å². The summed E-state index contributed by atoms with van der Waals surface area (Å²) >= 11 is 2.90. The Hall–Kier alpha value is -1.01. The first-order chi connectivity index (χ1) is 8.18. The third-order valence-corrected chi connectivity index (χ3v) is 4.81. The van der Waals surface area contributed by atoms with E-state index in [4.69, 9.17) is 5.11 Å². The smallest absolute Gasteiger partial charge is 0.338 e. The van der Waals surface area contributed by atoms with Gasteiger partial charge in [-0.05, 0) is 30.0 Å². The number of carboxylic acids is 1. The molecule has 1 unspecified atom stereocenters. The van der Waals surface area contributed by atoms with Gasteiger partial charge in [0.05, 0.1) is 10.8 Å². The number of thioether (sulfide) groups is 1. The van der Waals surface area contributed by atoms with Crippen LogP contribution in [0.4, 0.5) is 5.00 Å². The number of carboxylic acid groups (broad SMARTS) is 1. The van der Waals surface area contributed by atoms with Crippen LogP contribution in [-0.2, 0) is 4.79 Å². The van der Waals surface area contributed by atoms with Gasteiger partial charge in [-0.25, -0.2) is 4.79 Å². The van der Waals surface area contributed by atoms with Gasteiger partial charge in [0.15, 0.2) is 0 Å². The lowest BCUT2D eigenvalue weighted by Gasteiger charge is -2.20. The second-order valence-electron chi connectivity index (χ2n) is 3.81. The molecule has 0 radical (unpaired) electrons. The molecular weight excluding hydrogens is 258 g/mol. The van der Waals surface area contributed by atoms with Crippen molar-refractivity contribution in [1.82, 2.24) is 0 Å². The molecule has 1 aliphatic rings. The Labute approximate surface area is 107 Å². The molecule has 92 valence electrons. The normalized spacial score (nSPS) is 19.9. The number of aromatic carboxylic acids is 1. The molecule has 1 aliphatic heterocycles. The molecule has 1 saturated heterocycles. The highest BCUT2D eigenvalue weighted by Crippen LogP contribution is 2.28. The number of hydrogen-bond acceptors (Lipinski definition) is 4. The summed E-state index contributed by atoms with van der Waals surface area (Å²) in [6.07, 6.45) is 3.11. The Morgan fingerprint density at radius 3 is 2.88 bits per heavy atom. The fourth-order valence-electron chi connectivity index (χ4n) is 1.71. The van der Waals surface area contributed by atoms with E-state index in [1.807, 2.05) is 0 Å². The van der Waals surface area contributed by atoms with Crippen molar-refractivity contribution in [2.24, 2.45) is 0 Å². The maximum atomic E-state index is 11.9. The third kappa shape index (κ3) is 3.01. The Bertz CT molecular complexity index is 424. The van der Waals surface area contributed by atoms with Crippen LogP contribution in [0.1, 0.15) is 29.6 Å². The van der Waals surface area contributed by atoms with Crippen molar-refractivity contribution in [3.05, 3.63) is 17.0 Å². The minimum atomic E-state index is -1.00. The SMILES string of the molecule is O=C(O)c1ccsc1NC(=O)C1CCCCS1. The second-order valence-corrected chi connectivity index (χ2v) is 6.04. The summed E-state index contributed by atoms with van der Waals surface area (Å²) < 4.78 is 0. The van der Waals surface area contributed by atoms with Crippen molar-refractivity contribution in [3.63, 3.8) is 0 Å². The zero-order chi connectivity index (χ0) is 12.3. The first-order valence-electron chi connectivity index (χ1n) is 5.41. The second kappa shape index (κ2) is 5.55. The molecule has 1 aromatic heterocycles. The Morgan fingerprint density at radius 1 is 1.41 bits per heavy atom. The van der Waals surface area contributed by atoms with E-state index in [0.717, 1.165) is 25.0 Å². The van der Waals surface area contributed by atoms with Gasteiger partial charge in [0, 0.05) is 0 Å². The van der Waals surface area contributed by atoms with Gasteiger partial charge in [-0.3, -0.25) is 4.79 Å². The van der Waals surface area contributed by atoms with Crippen LogP contribution in [0.5, 0.6) is 0 Å². The van der Waals surface area contributed by atoms with Gasteiger partial charge in [0.2, 0.25) is 5.91 Å². The zero-order valence-electron chi connectivity index (χ0n) is 9.14. The lowest BCUT2D eigenvalue weighted by atomic mass is 10.2. The fourth-order valence-corrected chi connectivity index (χ4v) is 3.70. The molecule has 0 spiro atoms. The van der Waals surface area contributed by atoms with E-state index in [-0.39, 0.29) is 16.7 Å². The van der Waals surface area contributed by atoms with Crippen molar-refractivity contribution in [2.75, 3.05) is 11.1 Å². The highest BCUT2D eigenvalue weighted by molar-refractivity contribution is 8.00. The Kier molecular flexibility index (Phi) is 4.06. The first kappa shape index (κ1) is 12.4. The van der Waals surface area contributed by atoms with Crippen LogP contribution in [0.25, 0.3) is 0 Å². The van der Waals surface area contributed by atoms with Gasteiger partial charge in [0.25, 0.3) is 0 Å². The lowest BCUT2D eigenvalue weighted by molar-refractivity contribution is -0.115. The summed E-state index contributed by atoms with van der Waals surface area (Å²) in [4.78, 5) is 22.8. The molecule has 1 amide bonds. The van der Waals surface area contributed by atoms with Crippen molar-refractivity contribution < 1.29 is 14.7 Å². The van der Waals surface area contributed by atoms with E-state index >= 15 is 0 Å². The van der Waals surface area contributed by atoms with Gasteiger partial charge in [0.1, 0.15) is 5.00 Å². The van der Waals surface area contributed by atoms with E-state index in [2.05, 4.69) is 5.32 Å². The predicted octanol–water partition coefficient (Wildman–Crippen LogP) is 2.67. The molecule has 2 rings (SSSR count). The van der Waals surface area contributed by atoms with Crippen molar-refractivity contribution in [1.29, 1.82) is 0 Å². The quantitative estimate of drug-likeness (QED) is 0.887. The minimum Gasteiger partial charge on any atom is -0.478 e. The molecule has 1 atom stereocenters. The van der Waals surface area contributed by atoms with Crippen molar-refractivity contribution in [3.8, 4) is 0 Å². The number of hydrogen-bond donors (Lipinski definition) is 2. The lowest BCUT2D eigenvalue weighted by Crippen LogP contribution is -2.27. The summed E-state index contributed by atoms with van der Waals surface area (Å²) in [6, 6.07) is 1.51. The Balaban J connectivity index is 2.02. The molecule has 0 aromatic carbocycles. The molecule has 2 heterocycles. The van der Waals surface area contributed by atoms with E-state index in [9.17, 15) is 9.59 Å². The number of thiophene rings is 1. The average Bonchev–Trinajstić information content (AvgIpc) is 2.78. The third-order valence-electron chi connectivity index (χ3n) is 2.60. The summed E-state index contributed by atoms with van der Waals surface area (Å²) in [5.41, 5.74) is 0.171. The molecular formula is C11H13NO3S2.